The van der Waals surface area contributed by atoms with Gasteiger partial charge in [0, 0.05) is 5.56 Å². The maximum atomic E-state index is 6.18. The fourth-order valence-electron chi connectivity index (χ4n) is 3.25. The van der Waals surface area contributed by atoms with Crippen LogP contribution in [0.1, 0.15) is 97.6 Å². The van der Waals surface area contributed by atoms with Crippen molar-refractivity contribution in [2.75, 3.05) is 13.2 Å². The van der Waals surface area contributed by atoms with Gasteiger partial charge in [0.25, 0.3) is 0 Å². The summed E-state index contributed by atoms with van der Waals surface area (Å²) in [5, 5.41) is 0. The van der Waals surface area contributed by atoms with E-state index in [4.69, 9.17) is 9.47 Å². The second-order valence-electron chi connectivity index (χ2n) is 8.30. The van der Waals surface area contributed by atoms with Gasteiger partial charge in [-0.15, -0.1) is 0 Å². The average Bonchev–Trinajstić information content (AvgIpc) is 2.69. The molecule has 0 aliphatic carbocycles. The van der Waals surface area contributed by atoms with Crippen molar-refractivity contribution < 1.29 is 9.47 Å². The molecule has 0 saturated carbocycles. The van der Waals surface area contributed by atoms with Gasteiger partial charge >= 0.3 is 0 Å². The Bertz CT molecular complexity index is 607. The van der Waals surface area contributed by atoms with Crippen molar-refractivity contribution in [1.82, 2.24) is 0 Å². The third-order valence-corrected chi connectivity index (χ3v) is 4.97. The van der Waals surface area contributed by atoms with E-state index in [0.717, 1.165) is 63.2 Å². The van der Waals surface area contributed by atoms with Gasteiger partial charge in [-0.3, -0.25) is 0 Å². The number of allylic oxidation sites excluding steroid dienone is 4. The maximum Gasteiger partial charge on any atom is 0.126 e. The summed E-state index contributed by atoms with van der Waals surface area (Å²) in [6.45, 7) is 14.6. The number of unbranched alkanes of at least 4 members (excludes halogenated alkanes) is 2. The molecule has 2 heteroatoms. The zero-order chi connectivity index (χ0) is 21.5. The van der Waals surface area contributed by atoms with E-state index in [1.165, 1.54) is 41.5 Å². The summed E-state index contributed by atoms with van der Waals surface area (Å²) in [7, 11) is 0. The van der Waals surface area contributed by atoms with Gasteiger partial charge in [0.1, 0.15) is 11.5 Å². The molecule has 29 heavy (non-hydrogen) atoms. The Hall–Kier alpha value is -1.70. The van der Waals surface area contributed by atoms with Crippen LogP contribution in [0.4, 0.5) is 0 Å². The summed E-state index contributed by atoms with van der Waals surface area (Å²) in [6.07, 6.45) is 14.6. The topological polar surface area (TPSA) is 18.5 Å². The summed E-state index contributed by atoms with van der Waals surface area (Å²) in [6, 6.07) is 4.51. The molecule has 0 radical (unpaired) electrons. The zero-order valence-corrected chi connectivity index (χ0v) is 19.9. The molecular formula is C27H44O2. The quantitative estimate of drug-likeness (QED) is 0.218. The van der Waals surface area contributed by atoms with Crippen LogP contribution in [-0.4, -0.2) is 13.2 Å². The maximum absolute atomic E-state index is 6.18. The zero-order valence-electron chi connectivity index (χ0n) is 19.9. The molecule has 0 amide bonds. The van der Waals surface area contributed by atoms with Gasteiger partial charge in [-0.1, -0.05) is 56.9 Å². The Labute approximate surface area is 180 Å². The fraction of sp³-hybridized carbons (Fsp3) is 0.630. The van der Waals surface area contributed by atoms with Crippen molar-refractivity contribution in [2.45, 2.75) is 99.3 Å². The van der Waals surface area contributed by atoms with Crippen LogP contribution in [-0.2, 0) is 12.8 Å². The van der Waals surface area contributed by atoms with E-state index in [1.807, 2.05) is 0 Å². The van der Waals surface area contributed by atoms with Crippen LogP contribution in [0.5, 0.6) is 11.5 Å². The molecule has 1 rings (SSSR count). The Morgan fingerprint density at radius 2 is 1.45 bits per heavy atom. The van der Waals surface area contributed by atoms with E-state index >= 15 is 0 Å². The lowest BCUT2D eigenvalue weighted by Crippen LogP contribution is -2.05. The second-order valence-corrected chi connectivity index (χ2v) is 8.30. The van der Waals surface area contributed by atoms with Crippen LogP contribution in [0.3, 0.4) is 0 Å². The van der Waals surface area contributed by atoms with E-state index in [2.05, 4.69) is 65.8 Å². The van der Waals surface area contributed by atoms with E-state index in [1.54, 1.807) is 0 Å². The predicted octanol–water partition coefficient (Wildman–Crippen LogP) is 8.23. The highest BCUT2D eigenvalue weighted by molar-refractivity contribution is 5.49. The van der Waals surface area contributed by atoms with Crippen molar-refractivity contribution >= 4 is 0 Å². The van der Waals surface area contributed by atoms with Gasteiger partial charge in [-0.05, 0) is 83.4 Å². The number of rotatable bonds is 15. The predicted molar refractivity (Wildman–Crippen MR) is 127 cm³/mol. The Kier molecular flexibility index (Phi) is 13.3. The normalized spacial score (nSPS) is 11.4. The highest BCUT2D eigenvalue weighted by Crippen LogP contribution is 2.33. The van der Waals surface area contributed by atoms with Gasteiger partial charge in [0.05, 0.1) is 13.2 Å². The van der Waals surface area contributed by atoms with Gasteiger partial charge in [-0.2, -0.15) is 0 Å². The standard InChI is InChI=1S/C27H44O2/c1-7-10-11-15-24-20-26(28-18-8-2)25(27(21-24)29-19-9-3)17-16-23(6)14-12-13-22(4)5/h13,16,20-21H,7-12,14-15,17-19H2,1-6H3. The number of hydrogen-bond donors (Lipinski definition) is 0. The number of ether oxygens (including phenoxy) is 2. The molecule has 0 aliphatic heterocycles. The van der Waals surface area contributed by atoms with Gasteiger partial charge in [0.15, 0.2) is 0 Å². The third-order valence-electron chi connectivity index (χ3n) is 4.97. The Balaban J connectivity index is 3.08. The third kappa shape index (κ3) is 10.6. The van der Waals surface area contributed by atoms with Crippen molar-refractivity contribution in [3.63, 3.8) is 0 Å². The molecule has 2 nitrogen and oxygen atoms in total. The minimum atomic E-state index is 0.752. The Morgan fingerprint density at radius 1 is 0.828 bits per heavy atom. The monoisotopic (exact) mass is 400 g/mol. The molecule has 0 atom stereocenters. The molecule has 0 saturated heterocycles. The summed E-state index contributed by atoms with van der Waals surface area (Å²) in [5.41, 5.74) is 5.36. The minimum absolute atomic E-state index is 0.752. The van der Waals surface area contributed by atoms with Gasteiger partial charge < -0.3 is 9.47 Å². The van der Waals surface area contributed by atoms with Gasteiger partial charge in [-0.25, -0.2) is 0 Å². The van der Waals surface area contributed by atoms with Crippen LogP contribution >= 0.6 is 0 Å². The molecule has 0 fully saturated rings. The van der Waals surface area contributed by atoms with Crippen LogP contribution < -0.4 is 9.47 Å². The molecule has 0 aromatic heterocycles. The molecular weight excluding hydrogens is 356 g/mol. The first-order valence-electron chi connectivity index (χ1n) is 11.7. The molecule has 0 N–H and O–H groups in total. The summed E-state index contributed by atoms with van der Waals surface area (Å²) >= 11 is 0. The lowest BCUT2D eigenvalue weighted by Gasteiger charge is -2.18. The second kappa shape index (κ2) is 15.2. The number of benzene rings is 1. The molecule has 0 bridgehead atoms. The van der Waals surface area contributed by atoms with Gasteiger partial charge in [0.2, 0.25) is 0 Å². The Morgan fingerprint density at radius 3 is 1.97 bits per heavy atom. The van der Waals surface area contributed by atoms with Crippen LogP contribution in [0.15, 0.2) is 35.4 Å². The van der Waals surface area contributed by atoms with Crippen molar-refractivity contribution in [3.8, 4) is 11.5 Å². The molecule has 1 aromatic rings. The number of aryl methyl sites for hydroxylation is 1. The molecule has 0 aliphatic rings. The summed E-state index contributed by atoms with van der Waals surface area (Å²) in [5.74, 6) is 2.03. The number of hydrogen-bond acceptors (Lipinski definition) is 2. The van der Waals surface area contributed by atoms with E-state index in [-0.39, 0.29) is 0 Å². The average molecular weight is 401 g/mol. The van der Waals surface area contributed by atoms with E-state index < -0.39 is 0 Å². The van der Waals surface area contributed by atoms with E-state index in [9.17, 15) is 0 Å². The lowest BCUT2D eigenvalue weighted by atomic mass is 10.00. The molecule has 1 aromatic carbocycles. The highest BCUT2D eigenvalue weighted by atomic mass is 16.5. The SMILES string of the molecule is CCCCCc1cc(OCCC)c(CC=C(C)CCC=C(C)C)c(OCCC)c1. The molecule has 164 valence electrons. The smallest absolute Gasteiger partial charge is 0.126 e. The van der Waals surface area contributed by atoms with E-state index in [0.29, 0.717) is 0 Å². The van der Waals surface area contributed by atoms with Crippen LogP contribution in [0.2, 0.25) is 0 Å². The molecule has 0 unspecified atom stereocenters. The van der Waals surface area contributed by atoms with Crippen molar-refractivity contribution in [2.24, 2.45) is 0 Å². The van der Waals surface area contributed by atoms with Crippen molar-refractivity contribution in [3.05, 3.63) is 46.6 Å². The molecule has 0 spiro atoms. The summed E-state index contributed by atoms with van der Waals surface area (Å²) < 4.78 is 12.4. The first kappa shape index (κ1) is 25.3. The van der Waals surface area contributed by atoms with Crippen LogP contribution in [0, 0.1) is 0 Å². The van der Waals surface area contributed by atoms with Crippen LogP contribution in [0.25, 0.3) is 0 Å². The first-order chi connectivity index (χ1) is 14.0. The largest absolute Gasteiger partial charge is 0.493 e. The summed E-state index contributed by atoms with van der Waals surface area (Å²) in [4.78, 5) is 0. The first-order valence-corrected chi connectivity index (χ1v) is 11.7. The fourth-order valence-corrected chi connectivity index (χ4v) is 3.25. The highest BCUT2D eigenvalue weighted by Gasteiger charge is 2.13. The minimum Gasteiger partial charge on any atom is -0.493 e. The van der Waals surface area contributed by atoms with Crippen molar-refractivity contribution in [1.29, 1.82) is 0 Å². The lowest BCUT2D eigenvalue weighted by molar-refractivity contribution is 0.296. The molecule has 0 heterocycles.